The number of halogens is 1. The van der Waals surface area contributed by atoms with Crippen molar-refractivity contribution < 1.29 is 14.0 Å². The molecular formula is C17H22FN3O2. The lowest BCUT2D eigenvalue weighted by Crippen LogP contribution is -2.39. The van der Waals surface area contributed by atoms with Gasteiger partial charge in [-0.15, -0.1) is 0 Å². The summed E-state index contributed by atoms with van der Waals surface area (Å²) < 4.78 is 18.5. The normalized spacial score (nSPS) is 31.9. The number of hydroxylamine groups is 1. The maximum atomic E-state index is 13.0. The molecule has 5 nitrogen and oxygen atoms in total. The molecule has 2 aliphatic heterocycles. The Labute approximate surface area is 135 Å². The van der Waals surface area contributed by atoms with Crippen molar-refractivity contribution in [3.05, 3.63) is 29.8 Å². The van der Waals surface area contributed by atoms with Crippen molar-refractivity contribution in [2.45, 2.75) is 44.2 Å². The first-order chi connectivity index (χ1) is 11.2. The highest BCUT2D eigenvalue weighted by atomic mass is 19.1. The third-order valence-electron chi connectivity index (χ3n) is 5.28. The van der Waals surface area contributed by atoms with Gasteiger partial charge in [-0.1, -0.05) is 0 Å². The van der Waals surface area contributed by atoms with Gasteiger partial charge in [0.1, 0.15) is 11.5 Å². The molecule has 0 amide bonds. The van der Waals surface area contributed by atoms with Crippen LogP contribution in [0.1, 0.15) is 44.2 Å². The van der Waals surface area contributed by atoms with Gasteiger partial charge in [0.25, 0.3) is 0 Å². The molecule has 2 atom stereocenters. The monoisotopic (exact) mass is 319 g/mol. The zero-order chi connectivity index (χ0) is 15.7. The minimum atomic E-state index is -0.480. The molecule has 1 aromatic heterocycles. The van der Waals surface area contributed by atoms with Crippen LogP contribution in [0.5, 0.6) is 0 Å². The topological polar surface area (TPSA) is 55.7 Å². The molecule has 1 aromatic rings. The Kier molecular flexibility index (Phi) is 4.03. The Hall–Kier alpha value is -1.53. The minimum Gasteiger partial charge on any atom is -0.381 e. The molecular weight excluding hydrogens is 297 g/mol. The summed E-state index contributed by atoms with van der Waals surface area (Å²) in [5.74, 6) is 1.62. The van der Waals surface area contributed by atoms with Gasteiger partial charge in [0.05, 0.1) is 6.20 Å². The smallest absolute Gasteiger partial charge is 0.187 e. The predicted octanol–water partition coefficient (Wildman–Crippen LogP) is 2.82. The molecule has 3 heterocycles. The Balaban J connectivity index is 1.50. The van der Waals surface area contributed by atoms with Gasteiger partial charge in [-0.3, -0.25) is 0 Å². The van der Waals surface area contributed by atoms with Gasteiger partial charge < -0.3 is 4.74 Å². The average molecular weight is 319 g/mol. The SMILES string of the molecule is Fc1ccc(C2=NC3(CCCC(C4CCOCC4)C3)ON2)nc1. The third kappa shape index (κ3) is 3.10. The van der Waals surface area contributed by atoms with E-state index < -0.39 is 5.72 Å². The van der Waals surface area contributed by atoms with E-state index in [0.29, 0.717) is 23.4 Å². The number of hydrogen-bond acceptors (Lipinski definition) is 5. The highest BCUT2D eigenvalue weighted by Gasteiger charge is 2.44. The quantitative estimate of drug-likeness (QED) is 0.911. The first-order valence-corrected chi connectivity index (χ1v) is 8.48. The first-order valence-electron chi connectivity index (χ1n) is 8.48. The van der Waals surface area contributed by atoms with Crippen LogP contribution in [-0.2, 0) is 9.57 Å². The zero-order valence-electron chi connectivity index (χ0n) is 13.1. The lowest BCUT2D eigenvalue weighted by atomic mass is 9.73. The van der Waals surface area contributed by atoms with Crippen molar-refractivity contribution in [3.63, 3.8) is 0 Å². The summed E-state index contributed by atoms with van der Waals surface area (Å²) in [4.78, 5) is 14.8. The Morgan fingerprint density at radius 3 is 2.83 bits per heavy atom. The van der Waals surface area contributed by atoms with Crippen LogP contribution in [0.25, 0.3) is 0 Å². The van der Waals surface area contributed by atoms with Crippen molar-refractivity contribution in [2.24, 2.45) is 16.8 Å². The van der Waals surface area contributed by atoms with Crippen LogP contribution in [0.4, 0.5) is 4.39 Å². The molecule has 124 valence electrons. The van der Waals surface area contributed by atoms with Crippen LogP contribution in [0.3, 0.4) is 0 Å². The molecule has 0 bridgehead atoms. The average Bonchev–Trinajstić information content (AvgIpc) is 3.00. The van der Waals surface area contributed by atoms with Gasteiger partial charge >= 0.3 is 0 Å². The molecule has 1 N–H and O–H groups in total. The van der Waals surface area contributed by atoms with Gasteiger partial charge in [-0.25, -0.2) is 24.7 Å². The summed E-state index contributed by atoms with van der Waals surface area (Å²) in [5.41, 5.74) is 3.06. The van der Waals surface area contributed by atoms with E-state index >= 15 is 0 Å². The van der Waals surface area contributed by atoms with Crippen LogP contribution in [0.2, 0.25) is 0 Å². The van der Waals surface area contributed by atoms with Crippen LogP contribution in [0.15, 0.2) is 23.3 Å². The van der Waals surface area contributed by atoms with E-state index in [1.807, 2.05) is 0 Å². The summed E-state index contributed by atoms with van der Waals surface area (Å²) >= 11 is 0. The third-order valence-corrected chi connectivity index (χ3v) is 5.28. The molecule has 23 heavy (non-hydrogen) atoms. The van der Waals surface area contributed by atoms with Crippen molar-refractivity contribution in [2.75, 3.05) is 13.2 Å². The number of hydrogen-bond donors (Lipinski definition) is 1. The van der Waals surface area contributed by atoms with Crippen molar-refractivity contribution in [3.8, 4) is 0 Å². The zero-order valence-corrected chi connectivity index (χ0v) is 13.1. The van der Waals surface area contributed by atoms with Crippen molar-refractivity contribution in [1.82, 2.24) is 10.5 Å². The molecule has 3 aliphatic rings. The second-order valence-corrected chi connectivity index (χ2v) is 6.78. The Bertz CT molecular complexity index is 586. The largest absolute Gasteiger partial charge is 0.381 e. The van der Waals surface area contributed by atoms with E-state index in [2.05, 4.69) is 10.5 Å². The second kappa shape index (κ2) is 6.17. The minimum absolute atomic E-state index is 0.347. The molecule has 1 saturated heterocycles. The Morgan fingerprint density at radius 1 is 1.17 bits per heavy atom. The maximum absolute atomic E-state index is 13.0. The van der Waals surface area contributed by atoms with E-state index in [1.165, 1.54) is 18.7 Å². The number of pyridine rings is 1. The van der Waals surface area contributed by atoms with E-state index in [9.17, 15) is 4.39 Å². The standard InChI is InChI=1S/C17H22FN3O2/c18-14-3-4-15(19-11-14)16-20-17(23-21-16)7-1-2-13(10-17)12-5-8-22-9-6-12/h3-4,11-13H,1-2,5-10H2,(H,20,21). The molecule has 0 radical (unpaired) electrons. The number of amidine groups is 1. The number of nitrogens with zero attached hydrogens (tertiary/aromatic N) is 2. The molecule has 1 aliphatic carbocycles. The maximum Gasteiger partial charge on any atom is 0.187 e. The molecule has 1 saturated carbocycles. The fourth-order valence-corrected chi connectivity index (χ4v) is 4.06. The van der Waals surface area contributed by atoms with E-state index in [0.717, 1.165) is 45.3 Å². The van der Waals surface area contributed by atoms with Gasteiger partial charge in [0, 0.05) is 19.6 Å². The Morgan fingerprint density at radius 2 is 2.04 bits per heavy atom. The summed E-state index contributed by atoms with van der Waals surface area (Å²) in [5, 5.41) is 0. The van der Waals surface area contributed by atoms with Crippen LogP contribution in [0, 0.1) is 17.7 Å². The fourth-order valence-electron chi connectivity index (χ4n) is 4.06. The number of nitrogens with one attached hydrogen (secondary N) is 1. The number of ether oxygens (including phenoxy) is 1. The number of rotatable bonds is 2. The first kappa shape index (κ1) is 15.0. The molecule has 2 fully saturated rings. The summed E-state index contributed by atoms with van der Waals surface area (Å²) in [6.07, 6.45) is 7.72. The van der Waals surface area contributed by atoms with Gasteiger partial charge in [0.2, 0.25) is 0 Å². The lowest BCUT2D eigenvalue weighted by Gasteiger charge is -2.39. The van der Waals surface area contributed by atoms with Crippen molar-refractivity contribution in [1.29, 1.82) is 0 Å². The van der Waals surface area contributed by atoms with E-state index in [1.54, 1.807) is 6.07 Å². The molecule has 2 unspecified atom stereocenters. The summed E-state index contributed by atoms with van der Waals surface area (Å²) in [6.45, 7) is 1.75. The van der Waals surface area contributed by atoms with Crippen LogP contribution < -0.4 is 5.48 Å². The van der Waals surface area contributed by atoms with E-state index in [4.69, 9.17) is 14.6 Å². The van der Waals surface area contributed by atoms with E-state index in [-0.39, 0.29) is 5.82 Å². The van der Waals surface area contributed by atoms with Gasteiger partial charge in [0.15, 0.2) is 11.6 Å². The summed E-state index contributed by atoms with van der Waals surface area (Å²) in [6, 6.07) is 3.02. The second-order valence-electron chi connectivity index (χ2n) is 6.78. The number of aromatic nitrogens is 1. The molecule has 4 rings (SSSR count). The highest BCUT2D eigenvalue weighted by Crippen LogP contribution is 2.43. The molecule has 1 spiro atoms. The van der Waals surface area contributed by atoms with Gasteiger partial charge in [-0.05, 0) is 56.1 Å². The van der Waals surface area contributed by atoms with Crippen LogP contribution >= 0.6 is 0 Å². The predicted molar refractivity (Wildman–Crippen MR) is 83.2 cm³/mol. The fraction of sp³-hybridized carbons (Fsp3) is 0.647. The lowest BCUT2D eigenvalue weighted by molar-refractivity contribution is -0.0998. The number of aliphatic imine (C=N–C) groups is 1. The summed E-state index contributed by atoms with van der Waals surface area (Å²) in [7, 11) is 0. The van der Waals surface area contributed by atoms with Crippen LogP contribution in [-0.4, -0.2) is 29.8 Å². The molecule has 0 aromatic carbocycles. The molecule has 6 heteroatoms. The highest BCUT2D eigenvalue weighted by molar-refractivity contribution is 5.97. The van der Waals surface area contributed by atoms with Gasteiger partial charge in [-0.2, -0.15) is 0 Å². The van der Waals surface area contributed by atoms with Crippen molar-refractivity contribution >= 4 is 5.84 Å².